The van der Waals surface area contributed by atoms with E-state index in [4.69, 9.17) is 0 Å². The van der Waals surface area contributed by atoms with E-state index in [9.17, 15) is 14.7 Å². The maximum atomic E-state index is 13.6. The van der Waals surface area contributed by atoms with Gasteiger partial charge in [-0.2, -0.15) is 0 Å². The summed E-state index contributed by atoms with van der Waals surface area (Å²) < 4.78 is 0.705. The molecule has 3 amide bonds. The zero-order chi connectivity index (χ0) is 21.5. The van der Waals surface area contributed by atoms with Gasteiger partial charge in [0.15, 0.2) is 0 Å². The molecule has 0 bridgehead atoms. The molecular weight excluding hydrogens is 446 g/mol. The van der Waals surface area contributed by atoms with Crippen LogP contribution in [0.5, 0.6) is 0 Å². The lowest BCUT2D eigenvalue weighted by Crippen LogP contribution is -2.64. The molecule has 6 nitrogen and oxygen atoms in total. The van der Waals surface area contributed by atoms with Crippen LogP contribution >= 0.6 is 15.9 Å². The molecule has 0 saturated heterocycles. The van der Waals surface area contributed by atoms with E-state index in [2.05, 4.69) is 40.4 Å². The van der Waals surface area contributed by atoms with E-state index in [0.29, 0.717) is 27.3 Å². The lowest BCUT2D eigenvalue weighted by atomic mass is 9.78. The summed E-state index contributed by atoms with van der Waals surface area (Å²) in [6, 6.07) is 13.3. The molecule has 2 aliphatic rings. The van der Waals surface area contributed by atoms with Crippen LogP contribution in [0.2, 0.25) is 0 Å². The summed E-state index contributed by atoms with van der Waals surface area (Å²) in [5, 5.41) is 17.8. The molecule has 0 radical (unpaired) electrons. The van der Waals surface area contributed by atoms with Gasteiger partial charge in [0.2, 0.25) is 0 Å². The number of urea groups is 1. The van der Waals surface area contributed by atoms with Gasteiger partial charge in [0.1, 0.15) is 0 Å². The van der Waals surface area contributed by atoms with Gasteiger partial charge in [0.25, 0.3) is 11.6 Å². The molecule has 4 rings (SSSR count). The van der Waals surface area contributed by atoms with Crippen molar-refractivity contribution in [3.05, 3.63) is 58.6 Å². The van der Waals surface area contributed by atoms with Crippen LogP contribution in [0.1, 0.15) is 38.7 Å². The second-order valence-electron chi connectivity index (χ2n) is 8.31. The lowest BCUT2D eigenvalue weighted by Gasteiger charge is -2.44. The number of fused-ring (bicyclic) bond motifs is 1. The van der Waals surface area contributed by atoms with Crippen molar-refractivity contribution in [1.82, 2.24) is 5.32 Å². The Hall–Kier alpha value is -2.38. The SMILES string of the molecule is C[C@@H]1[C@H](C)CCC[C@@H]1NC(=O)[C@@]1(O)c2cc(Br)ccc2NC(=O)N1c1ccccc1. The van der Waals surface area contributed by atoms with Crippen LogP contribution in [0.25, 0.3) is 0 Å². The largest absolute Gasteiger partial charge is 0.359 e. The maximum Gasteiger partial charge on any atom is 0.329 e. The number of aliphatic hydroxyl groups is 1. The van der Waals surface area contributed by atoms with E-state index in [1.165, 1.54) is 0 Å². The minimum Gasteiger partial charge on any atom is -0.359 e. The van der Waals surface area contributed by atoms with Crippen molar-refractivity contribution in [3.63, 3.8) is 0 Å². The number of hydrogen-bond acceptors (Lipinski definition) is 3. The van der Waals surface area contributed by atoms with Crippen molar-refractivity contribution < 1.29 is 14.7 Å². The first-order valence-electron chi connectivity index (χ1n) is 10.3. The van der Waals surface area contributed by atoms with Crippen molar-refractivity contribution in [2.45, 2.75) is 44.9 Å². The van der Waals surface area contributed by atoms with E-state index < -0.39 is 17.7 Å². The fourth-order valence-corrected chi connectivity index (χ4v) is 4.87. The highest BCUT2D eigenvalue weighted by Crippen LogP contribution is 2.41. The average molecular weight is 472 g/mol. The zero-order valence-corrected chi connectivity index (χ0v) is 18.6. The highest BCUT2D eigenvalue weighted by atomic mass is 79.9. The first-order valence-corrected chi connectivity index (χ1v) is 11.1. The van der Waals surface area contributed by atoms with E-state index in [1.54, 1.807) is 42.5 Å². The summed E-state index contributed by atoms with van der Waals surface area (Å²) in [6.45, 7) is 4.32. The van der Waals surface area contributed by atoms with Crippen LogP contribution in [-0.2, 0) is 10.5 Å². The minimum atomic E-state index is -2.18. The van der Waals surface area contributed by atoms with Crippen LogP contribution in [-0.4, -0.2) is 23.1 Å². The lowest BCUT2D eigenvalue weighted by molar-refractivity contribution is -0.141. The van der Waals surface area contributed by atoms with Gasteiger partial charge in [-0.05, 0) is 48.6 Å². The van der Waals surface area contributed by atoms with Gasteiger partial charge in [-0.15, -0.1) is 0 Å². The van der Waals surface area contributed by atoms with E-state index in [1.807, 2.05) is 6.07 Å². The monoisotopic (exact) mass is 471 g/mol. The minimum absolute atomic E-state index is 0.0523. The Morgan fingerprint density at radius 2 is 1.93 bits per heavy atom. The Kier molecular flexibility index (Phi) is 5.59. The Morgan fingerprint density at radius 1 is 1.20 bits per heavy atom. The number of para-hydroxylation sites is 1. The second kappa shape index (κ2) is 8.04. The molecule has 1 aliphatic carbocycles. The molecule has 158 valence electrons. The average Bonchev–Trinajstić information content (AvgIpc) is 2.73. The van der Waals surface area contributed by atoms with Crippen LogP contribution < -0.4 is 15.5 Å². The van der Waals surface area contributed by atoms with Crippen molar-refractivity contribution in [1.29, 1.82) is 0 Å². The summed E-state index contributed by atoms with van der Waals surface area (Å²) in [5.41, 5.74) is -1.00. The molecule has 7 heteroatoms. The Bertz CT molecular complexity index is 967. The van der Waals surface area contributed by atoms with E-state index in [-0.39, 0.29) is 12.0 Å². The molecular formula is C23H26BrN3O3. The molecule has 0 spiro atoms. The number of rotatable bonds is 3. The Labute approximate surface area is 184 Å². The fraction of sp³-hybridized carbons (Fsp3) is 0.391. The number of carbonyl (C=O) groups is 2. The van der Waals surface area contributed by atoms with Gasteiger partial charge in [0, 0.05) is 21.8 Å². The summed E-state index contributed by atoms with van der Waals surface area (Å²) in [7, 11) is 0. The first-order chi connectivity index (χ1) is 14.3. The van der Waals surface area contributed by atoms with E-state index in [0.717, 1.165) is 24.2 Å². The normalized spacial score (nSPS) is 28.5. The fourth-order valence-electron chi connectivity index (χ4n) is 4.51. The molecule has 2 aromatic carbocycles. The highest BCUT2D eigenvalue weighted by molar-refractivity contribution is 9.10. The Morgan fingerprint density at radius 3 is 2.67 bits per heavy atom. The molecule has 30 heavy (non-hydrogen) atoms. The van der Waals surface area contributed by atoms with Gasteiger partial charge in [0.05, 0.1) is 5.69 Å². The van der Waals surface area contributed by atoms with Gasteiger partial charge in [-0.1, -0.05) is 60.8 Å². The molecule has 0 aromatic heterocycles. The summed E-state index contributed by atoms with van der Waals surface area (Å²) in [5.74, 6) is 0.183. The molecule has 3 N–H and O–H groups in total. The number of nitrogens with zero attached hydrogens (tertiary/aromatic N) is 1. The smallest absolute Gasteiger partial charge is 0.329 e. The Balaban J connectivity index is 1.80. The van der Waals surface area contributed by atoms with Gasteiger partial charge in [-0.3, -0.25) is 9.69 Å². The molecule has 1 heterocycles. The summed E-state index contributed by atoms with van der Waals surface area (Å²) in [4.78, 5) is 27.8. The molecule has 0 unspecified atom stereocenters. The van der Waals surface area contributed by atoms with Crippen molar-refractivity contribution in [2.75, 3.05) is 10.2 Å². The number of nitrogens with one attached hydrogen (secondary N) is 2. The molecule has 1 saturated carbocycles. The standard InChI is InChI=1S/C23H26BrN3O3/c1-14-7-6-10-19(15(14)2)25-21(28)23(30)18-13-16(24)11-12-20(18)26-22(29)27(23)17-8-4-3-5-9-17/h3-5,8-9,11-15,19,30H,6-7,10H2,1-2H3,(H,25,28)(H,26,29)/t14-,15-,19+,23+/m1/s1. The van der Waals surface area contributed by atoms with Crippen LogP contribution in [0, 0.1) is 11.8 Å². The number of hydrogen-bond donors (Lipinski definition) is 3. The predicted octanol–water partition coefficient (Wildman–Crippen LogP) is 4.59. The summed E-state index contributed by atoms with van der Waals surface area (Å²) >= 11 is 3.42. The first kappa shape index (κ1) is 20.9. The third kappa shape index (κ3) is 3.50. The number of halogens is 1. The van der Waals surface area contributed by atoms with Crippen molar-refractivity contribution in [3.8, 4) is 0 Å². The van der Waals surface area contributed by atoms with Crippen LogP contribution in [0.15, 0.2) is 53.0 Å². The number of anilines is 2. The van der Waals surface area contributed by atoms with Gasteiger partial charge in [-0.25, -0.2) is 4.79 Å². The topological polar surface area (TPSA) is 81.7 Å². The van der Waals surface area contributed by atoms with Crippen molar-refractivity contribution in [2.24, 2.45) is 11.8 Å². The van der Waals surface area contributed by atoms with Crippen LogP contribution in [0.3, 0.4) is 0 Å². The molecule has 2 aromatic rings. The number of carbonyl (C=O) groups excluding carboxylic acids is 2. The second-order valence-corrected chi connectivity index (χ2v) is 9.23. The van der Waals surface area contributed by atoms with Gasteiger partial charge >= 0.3 is 6.03 Å². The van der Waals surface area contributed by atoms with E-state index >= 15 is 0 Å². The number of benzene rings is 2. The third-order valence-electron chi connectivity index (χ3n) is 6.48. The maximum absolute atomic E-state index is 13.6. The van der Waals surface area contributed by atoms with Crippen molar-refractivity contribution >= 4 is 39.2 Å². The predicted molar refractivity (Wildman–Crippen MR) is 120 cm³/mol. The zero-order valence-electron chi connectivity index (χ0n) is 17.1. The van der Waals surface area contributed by atoms with Crippen LogP contribution in [0.4, 0.5) is 16.2 Å². The molecule has 1 aliphatic heterocycles. The molecule has 4 atom stereocenters. The quantitative estimate of drug-likeness (QED) is 0.612. The molecule has 1 fully saturated rings. The summed E-state index contributed by atoms with van der Waals surface area (Å²) in [6.07, 6.45) is 3.02. The van der Waals surface area contributed by atoms with Gasteiger partial charge < -0.3 is 15.7 Å². The third-order valence-corrected chi connectivity index (χ3v) is 6.97. The number of amides is 3. The highest BCUT2D eigenvalue weighted by Gasteiger charge is 2.52.